The van der Waals surface area contributed by atoms with Crippen LogP contribution in [0, 0.1) is 5.41 Å². The molecule has 0 amide bonds. The normalized spacial score (nSPS) is 18.8. The van der Waals surface area contributed by atoms with E-state index in [1.165, 1.54) is 0 Å². The molecule has 0 aromatic rings. The molecule has 0 aromatic carbocycles. The van der Waals surface area contributed by atoms with Crippen molar-refractivity contribution >= 4 is 11.9 Å². The van der Waals surface area contributed by atoms with Crippen LogP contribution in [0.5, 0.6) is 0 Å². The van der Waals surface area contributed by atoms with E-state index < -0.39 is 17.4 Å². The first-order valence-electron chi connectivity index (χ1n) is 4.54. The van der Waals surface area contributed by atoms with Gasteiger partial charge in [-0.1, -0.05) is 6.92 Å². The zero-order valence-corrected chi connectivity index (χ0v) is 7.71. The molecule has 0 unspecified atom stereocenters. The van der Waals surface area contributed by atoms with Crippen LogP contribution < -0.4 is 0 Å². The number of carbonyl (C=O) groups excluding carboxylic acids is 1. The Bertz CT molecular complexity index is 218. The second kappa shape index (κ2) is 3.77. The molecule has 1 fully saturated rings. The van der Waals surface area contributed by atoms with E-state index in [0.29, 0.717) is 19.4 Å². The first kappa shape index (κ1) is 10.0. The van der Waals surface area contributed by atoms with E-state index in [2.05, 4.69) is 0 Å². The van der Waals surface area contributed by atoms with Gasteiger partial charge in [0.25, 0.3) is 0 Å². The molecule has 0 heterocycles. The molecule has 0 saturated heterocycles. The van der Waals surface area contributed by atoms with Gasteiger partial charge in [-0.05, 0) is 25.7 Å². The van der Waals surface area contributed by atoms with Crippen molar-refractivity contribution in [1.29, 1.82) is 0 Å². The number of rotatable bonds is 4. The smallest absolute Gasteiger partial charge is 0.323 e. The molecule has 0 atom stereocenters. The Morgan fingerprint density at radius 2 is 2.08 bits per heavy atom. The van der Waals surface area contributed by atoms with Gasteiger partial charge in [0.15, 0.2) is 5.41 Å². The van der Waals surface area contributed by atoms with Crippen LogP contribution >= 0.6 is 0 Å². The average Bonchev–Trinajstić information content (AvgIpc) is 1.97. The number of carboxylic acid groups (broad SMARTS) is 1. The van der Waals surface area contributed by atoms with Crippen LogP contribution in [0.1, 0.15) is 32.6 Å². The van der Waals surface area contributed by atoms with Gasteiger partial charge in [-0.25, -0.2) is 0 Å². The SMILES string of the molecule is CCCOC(=O)C1(C(=O)O)CCC1. The number of hydrogen-bond donors (Lipinski definition) is 1. The summed E-state index contributed by atoms with van der Waals surface area (Å²) < 4.78 is 4.84. The molecule has 0 bridgehead atoms. The molecule has 4 nitrogen and oxygen atoms in total. The van der Waals surface area contributed by atoms with Gasteiger partial charge in [0.1, 0.15) is 0 Å². The van der Waals surface area contributed by atoms with Crippen LogP contribution in [-0.2, 0) is 14.3 Å². The molecule has 4 heteroatoms. The monoisotopic (exact) mass is 186 g/mol. The summed E-state index contributed by atoms with van der Waals surface area (Å²) >= 11 is 0. The predicted molar refractivity (Wildman–Crippen MR) is 45.2 cm³/mol. The molecule has 1 aliphatic carbocycles. The van der Waals surface area contributed by atoms with Gasteiger partial charge in [-0.2, -0.15) is 0 Å². The highest BCUT2D eigenvalue weighted by atomic mass is 16.5. The van der Waals surface area contributed by atoms with Crippen molar-refractivity contribution in [3.8, 4) is 0 Å². The zero-order chi connectivity index (χ0) is 9.90. The molecule has 0 spiro atoms. The Labute approximate surface area is 76.9 Å². The number of aliphatic carboxylic acids is 1. The third kappa shape index (κ3) is 1.66. The van der Waals surface area contributed by atoms with Gasteiger partial charge < -0.3 is 9.84 Å². The van der Waals surface area contributed by atoms with Crippen molar-refractivity contribution in [2.45, 2.75) is 32.6 Å². The number of ether oxygens (including phenoxy) is 1. The topological polar surface area (TPSA) is 63.6 Å². The average molecular weight is 186 g/mol. The molecule has 74 valence electrons. The molecule has 0 radical (unpaired) electrons. The fourth-order valence-corrected chi connectivity index (χ4v) is 1.37. The van der Waals surface area contributed by atoms with Crippen molar-refractivity contribution < 1.29 is 19.4 Å². The first-order chi connectivity index (χ1) is 6.13. The Morgan fingerprint density at radius 1 is 1.46 bits per heavy atom. The maximum Gasteiger partial charge on any atom is 0.323 e. The van der Waals surface area contributed by atoms with Crippen molar-refractivity contribution in [1.82, 2.24) is 0 Å². The Morgan fingerprint density at radius 3 is 2.38 bits per heavy atom. The van der Waals surface area contributed by atoms with Gasteiger partial charge in [0.05, 0.1) is 6.61 Å². The number of esters is 1. The maximum absolute atomic E-state index is 11.3. The second-order valence-corrected chi connectivity index (χ2v) is 3.38. The highest BCUT2D eigenvalue weighted by molar-refractivity contribution is 6.00. The Kier molecular flexibility index (Phi) is 2.90. The summed E-state index contributed by atoms with van der Waals surface area (Å²) in [6.07, 6.45) is 2.37. The Balaban J connectivity index is 2.56. The van der Waals surface area contributed by atoms with Crippen LogP contribution in [0.4, 0.5) is 0 Å². The summed E-state index contributed by atoms with van der Waals surface area (Å²) in [4.78, 5) is 22.2. The van der Waals surface area contributed by atoms with Gasteiger partial charge in [-0.3, -0.25) is 9.59 Å². The molecular weight excluding hydrogens is 172 g/mol. The van der Waals surface area contributed by atoms with Gasteiger partial charge >= 0.3 is 11.9 Å². The molecule has 13 heavy (non-hydrogen) atoms. The lowest BCUT2D eigenvalue weighted by Gasteiger charge is -2.34. The standard InChI is InChI=1S/C9H14O4/c1-2-6-13-8(12)9(7(10)11)4-3-5-9/h2-6H2,1H3,(H,10,11). The van der Waals surface area contributed by atoms with E-state index in [1.807, 2.05) is 6.92 Å². The summed E-state index contributed by atoms with van der Waals surface area (Å²) in [5.41, 5.74) is -1.21. The minimum absolute atomic E-state index is 0.313. The molecule has 0 aliphatic heterocycles. The third-order valence-corrected chi connectivity index (χ3v) is 2.44. The number of hydrogen-bond acceptors (Lipinski definition) is 3. The fourth-order valence-electron chi connectivity index (χ4n) is 1.37. The maximum atomic E-state index is 11.3. The lowest BCUT2D eigenvalue weighted by Crippen LogP contribution is -2.46. The lowest BCUT2D eigenvalue weighted by atomic mass is 9.69. The number of carbonyl (C=O) groups is 2. The fraction of sp³-hybridized carbons (Fsp3) is 0.778. The van der Waals surface area contributed by atoms with Crippen LogP contribution in [0.25, 0.3) is 0 Å². The summed E-state index contributed by atoms with van der Waals surface area (Å²) in [6, 6.07) is 0. The van der Waals surface area contributed by atoms with Gasteiger partial charge in [0, 0.05) is 0 Å². The predicted octanol–water partition coefficient (Wildman–Crippen LogP) is 1.19. The first-order valence-corrected chi connectivity index (χ1v) is 4.54. The molecule has 1 N–H and O–H groups in total. The largest absolute Gasteiger partial charge is 0.480 e. The lowest BCUT2D eigenvalue weighted by molar-refractivity contribution is -0.175. The molecular formula is C9H14O4. The van der Waals surface area contributed by atoms with Gasteiger partial charge in [-0.15, -0.1) is 0 Å². The van der Waals surface area contributed by atoms with Crippen molar-refractivity contribution in [2.75, 3.05) is 6.61 Å². The minimum Gasteiger partial charge on any atom is -0.480 e. The molecule has 1 saturated carbocycles. The van der Waals surface area contributed by atoms with E-state index in [1.54, 1.807) is 0 Å². The highest BCUT2D eigenvalue weighted by Crippen LogP contribution is 2.42. The number of carboxylic acids is 1. The van der Waals surface area contributed by atoms with Crippen LogP contribution in [0.3, 0.4) is 0 Å². The summed E-state index contributed by atoms with van der Waals surface area (Å²) in [6.45, 7) is 2.19. The van der Waals surface area contributed by atoms with Crippen LogP contribution in [0.15, 0.2) is 0 Å². The summed E-state index contributed by atoms with van der Waals surface area (Å²) in [5, 5.41) is 8.85. The molecule has 1 rings (SSSR count). The van der Waals surface area contributed by atoms with Crippen LogP contribution in [-0.4, -0.2) is 23.7 Å². The zero-order valence-electron chi connectivity index (χ0n) is 7.71. The van der Waals surface area contributed by atoms with E-state index in [9.17, 15) is 9.59 Å². The third-order valence-electron chi connectivity index (χ3n) is 2.44. The van der Waals surface area contributed by atoms with E-state index in [-0.39, 0.29) is 0 Å². The highest BCUT2D eigenvalue weighted by Gasteiger charge is 2.52. The quantitative estimate of drug-likeness (QED) is 0.529. The Hall–Kier alpha value is -1.06. The minimum atomic E-state index is -1.21. The van der Waals surface area contributed by atoms with E-state index in [4.69, 9.17) is 9.84 Å². The summed E-state index contributed by atoms with van der Waals surface area (Å²) in [5.74, 6) is -1.60. The molecule has 0 aromatic heterocycles. The second-order valence-electron chi connectivity index (χ2n) is 3.38. The van der Waals surface area contributed by atoms with Crippen molar-refractivity contribution in [3.05, 3.63) is 0 Å². The van der Waals surface area contributed by atoms with Crippen LogP contribution in [0.2, 0.25) is 0 Å². The van der Waals surface area contributed by atoms with E-state index >= 15 is 0 Å². The van der Waals surface area contributed by atoms with Gasteiger partial charge in [0.2, 0.25) is 0 Å². The van der Waals surface area contributed by atoms with E-state index in [0.717, 1.165) is 12.8 Å². The molecule has 1 aliphatic rings. The van der Waals surface area contributed by atoms with Crippen molar-refractivity contribution in [2.24, 2.45) is 5.41 Å². The summed E-state index contributed by atoms with van der Waals surface area (Å²) in [7, 11) is 0. The van der Waals surface area contributed by atoms with Crippen molar-refractivity contribution in [3.63, 3.8) is 0 Å².